The van der Waals surface area contributed by atoms with E-state index >= 15 is 0 Å². The fraction of sp³-hybridized carbons (Fsp3) is 0.400. The lowest BCUT2D eigenvalue weighted by Gasteiger charge is -2.22. The van der Waals surface area contributed by atoms with E-state index in [1.807, 2.05) is 79.8 Å². The smallest absolute Gasteiger partial charge is 0.292 e. The highest BCUT2D eigenvalue weighted by Gasteiger charge is 2.24. The molecule has 0 aliphatic carbocycles. The summed E-state index contributed by atoms with van der Waals surface area (Å²) < 4.78 is 5.19. The SMILES string of the molecule is C=C(C)/C=C1/C(c2ccc(CNC(=O)c3noc(C(C)(C)C)n3)c(C)c2)=NC=NN1C.CC. The lowest BCUT2D eigenvalue weighted by atomic mass is 9.97. The number of nitrogens with one attached hydrogen (secondary N) is 1. The van der Waals surface area contributed by atoms with Crippen molar-refractivity contribution in [2.75, 3.05) is 7.05 Å². The van der Waals surface area contributed by atoms with Crippen LogP contribution in [-0.4, -0.2) is 40.2 Å². The number of carbonyl (C=O) groups excluding carboxylic acids is 1. The Balaban J connectivity index is 0.00000187. The Hall–Kier alpha value is -3.55. The van der Waals surface area contributed by atoms with Gasteiger partial charge in [0.25, 0.3) is 11.7 Å². The van der Waals surface area contributed by atoms with Crippen LogP contribution in [0.4, 0.5) is 0 Å². The second kappa shape index (κ2) is 10.8. The molecular formula is C25H34N6O2. The van der Waals surface area contributed by atoms with Gasteiger partial charge in [-0.1, -0.05) is 64.1 Å². The van der Waals surface area contributed by atoms with Gasteiger partial charge < -0.3 is 9.84 Å². The van der Waals surface area contributed by atoms with Crippen molar-refractivity contribution in [2.24, 2.45) is 10.1 Å². The third kappa shape index (κ3) is 6.47. The number of benzene rings is 1. The minimum Gasteiger partial charge on any atom is -0.345 e. The highest BCUT2D eigenvalue weighted by molar-refractivity contribution is 6.15. The molecule has 176 valence electrons. The molecule has 0 fully saturated rings. The summed E-state index contributed by atoms with van der Waals surface area (Å²) >= 11 is 0. The van der Waals surface area contributed by atoms with E-state index in [0.717, 1.165) is 33.7 Å². The maximum Gasteiger partial charge on any atom is 0.292 e. The van der Waals surface area contributed by atoms with E-state index < -0.39 is 0 Å². The predicted octanol–water partition coefficient (Wildman–Crippen LogP) is 4.77. The summed E-state index contributed by atoms with van der Waals surface area (Å²) in [6.45, 7) is 18.1. The monoisotopic (exact) mass is 450 g/mol. The van der Waals surface area contributed by atoms with E-state index in [4.69, 9.17) is 4.52 Å². The number of rotatable bonds is 5. The summed E-state index contributed by atoms with van der Waals surface area (Å²) in [7, 11) is 1.87. The minimum absolute atomic E-state index is 0.0349. The van der Waals surface area contributed by atoms with Gasteiger partial charge in [0.2, 0.25) is 5.89 Å². The van der Waals surface area contributed by atoms with E-state index in [1.54, 1.807) is 5.01 Å². The van der Waals surface area contributed by atoms with Crippen molar-refractivity contribution in [2.45, 2.75) is 60.4 Å². The first-order valence-electron chi connectivity index (χ1n) is 11.0. The molecule has 1 amide bonds. The number of aromatic nitrogens is 2. The molecule has 1 aliphatic rings. The van der Waals surface area contributed by atoms with E-state index in [9.17, 15) is 4.79 Å². The summed E-state index contributed by atoms with van der Waals surface area (Å²) in [5.41, 5.74) is 5.29. The van der Waals surface area contributed by atoms with Crippen LogP contribution in [0.5, 0.6) is 0 Å². The van der Waals surface area contributed by atoms with Crippen LogP contribution < -0.4 is 5.32 Å². The van der Waals surface area contributed by atoms with E-state index in [2.05, 4.69) is 32.1 Å². The molecule has 33 heavy (non-hydrogen) atoms. The van der Waals surface area contributed by atoms with Crippen LogP contribution in [0.2, 0.25) is 0 Å². The lowest BCUT2D eigenvalue weighted by molar-refractivity contribution is 0.0937. The summed E-state index contributed by atoms with van der Waals surface area (Å²) in [4.78, 5) is 21.1. The lowest BCUT2D eigenvalue weighted by Crippen LogP contribution is -2.25. The number of allylic oxidation sites excluding steroid dienone is 3. The summed E-state index contributed by atoms with van der Waals surface area (Å²) in [6, 6.07) is 6.01. The number of aryl methyl sites for hydroxylation is 1. The summed E-state index contributed by atoms with van der Waals surface area (Å²) in [5.74, 6) is 0.0927. The van der Waals surface area contributed by atoms with E-state index in [1.165, 1.54) is 6.34 Å². The largest absolute Gasteiger partial charge is 0.345 e. The summed E-state index contributed by atoms with van der Waals surface area (Å²) in [6.07, 6.45) is 3.49. The van der Waals surface area contributed by atoms with Gasteiger partial charge in [0.05, 0.1) is 11.4 Å². The van der Waals surface area contributed by atoms with Gasteiger partial charge >= 0.3 is 0 Å². The maximum atomic E-state index is 12.4. The third-order valence-electron chi connectivity index (χ3n) is 4.71. The van der Waals surface area contributed by atoms with Gasteiger partial charge in [-0.2, -0.15) is 10.1 Å². The third-order valence-corrected chi connectivity index (χ3v) is 4.71. The molecule has 8 nitrogen and oxygen atoms in total. The fourth-order valence-electron chi connectivity index (χ4n) is 2.98. The molecule has 0 radical (unpaired) electrons. The van der Waals surface area contributed by atoms with Crippen LogP contribution in [0.15, 0.2) is 56.7 Å². The Labute approximate surface area is 196 Å². The van der Waals surface area contributed by atoms with Gasteiger partial charge in [-0.3, -0.25) is 9.80 Å². The summed E-state index contributed by atoms with van der Waals surface area (Å²) in [5, 5.41) is 12.6. The normalized spacial score (nSPS) is 14.5. The molecule has 0 unspecified atom stereocenters. The van der Waals surface area contributed by atoms with Crippen LogP contribution in [0.3, 0.4) is 0 Å². The number of hydrogen-bond acceptors (Lipinski definition) is 7. The highest BCUT2D eigenvalue weighted by Crippen LogP contribution is 2.21. The number of nitrogens with zero attached hydrogens (tertiary/aromatic N) is 5. The Morgan fingerprint density at radius 1 is 1.27 bits per heavy atom. The van der Waals surface area contributed by atoms with Crippen LogP contribution in [0, 0.1) is 6.92 Å². The topological polar surface area (TPSA) is 96.0 Å². The van der Waals surface area contributed by atoms with Crippen LogP contribution >= 0.6 is 0 Å². The maximum absolute atomic E-state index is 12.4. The van der Waals surface area contributed by atoms with Gasteiger partial charge in [-0.15, -0.1) is 0 Å². The number of carbonyl (C=O) groups is 1. The number of likely N-dealkylation sites (N-methyl/N-ethyl adjacent to an activating group) is 1. The second-order valence-electron chi connectivity index (χ2n) is 8.61. The van der Waals surface area contributed by atoms with Gasteiger partial charge in [0.15, 0.2) is 0 Å². The van der Waals surface area contributed by atoms with Crippen LogP contribution in [0.25, 0.3) is 0 Å². The molecule has 0 saturated carbocycles. The Morgan fingerprint density at radius 3 is 2.55 bits per heavy atom. The van der Waals surface area contributed by atoms with Crippen molar-refractivity contribution in [1.29, 1.82) is 0 Å². The average molecular weight is 451 g/mol. The van der Waals surface area contributed by atoms with Crippen molar-refractivity contribution in [3.05, 3.63) is 70.5 Å². The van der Waals surface area contributed by atoms with E-state index in [0.29, 0.717) is 12.4 Å². The van der Waals surface area contributed by atoms with Crippen molar-refractivity contribution < 1.29 is 9.32 Å². The van der Waals surface area contributed by atoms with Gasteiger partial charge in [0.1, 0.15) is 6.34 Å². The standard InChI is InChI=1S/C23H28N6O2.C2H6/c1-14(2)10-18-19(25-13-26-29(18)7)16-8-9-17(15(3)11-16)12-24-21(30)20-27-22(31-28-20)23(4,5)6;1-2/h8-11,13H,1,12H2,2-7H3,(H,24,30);1-2H3/b18-10-;. The van der Waals surface area contributed by atoms with Crippen molar-refractivity contribution in [3.63, 3.8) is 0 Å². The molecule has 0 bridgehead atoms. The van der Waals surface area contributed by atoms with Crippen LogP contribution in [-0.2, 0) is 12.0 Å². The predicted molar refractivity (Wildman–Crippen MR) is 132 cm³/mol. The fourth-order valence-corrected chi connectivity index (χ4v) is 2.98. The van der Waals surface area contributed by atoms with Crippen molar-refractivity contribution in [3.8, 4) is 0 Å². The average Bonchev–Trinajstić information content (AvgIpc) is 3.26. The zero-order chi connectivity index (χ0) is 24.8. The van der Waals surface area contributed by atoms with Crippen molar-refractivity contribution >= 4 is 18.0 Å². The number of aliphatic imine (C=N–C) groups is 1. The molecule has 0 spiro atoms. The first-order chi connectivity index (χ1) is 15.6. The Bertz CT molecular complexity index is 1100. The molecule has 1 aromatic heterocycles. The molecule has 2 heterocycles. The van der Waals surface area contributed by atoms with Gasteiger partial charge in [-0.25, -0.2) is 4.99 Å². The number of hydrazone groups is 1. The molecule has 8 heteroatoms. The first kappa shape index (κ1) is 25.7. The minimum atomic E-state index is -0.371. The zero-order valence-electron chi connectivity index (χ0n) is 20.9. The zero-order valence-corrected chi connectivity index (χ0v) is 20.9. The van der Waals surface area contributed by atoms with Crippen LogP contribution in [0.1, 0.15) is 74.7 Å². The Kier molecular flexibility index (Phi) is 8.45. The molecule has 1 aliphatic heterocycles. The van der Waals surface area contributed by atoms with E-state index in [-0.39, 0.29) is 17.1 Å². The first-order valence-corrected chi connectivity index (χ1v) is 11.0. The Morgan fingerprint density at radius 2 is 1.97 bits per heavy atom. The van der Waals surface area contributed by atoms with Crippen molar-refractivity contribution in [1.82, 2.24) is 20.5 Å². The quantitative estimate of drug-likeness (QED) is 0.708. The molecule has 1 aromatic carbocycles. The molecule has 0 saturated heterocycles. The highest BCUT2D eigenvalue weighted by atomic mass is 16.5. The second-order valence-corrected chi connectivity index (χ2v) is 8.61. The molecular weight excluding hydrogens is 416 g/mol. The molecule has 2 aromatic rings. The van der Waals surface area contributed by atoms with Gasteiger partial charge in [0, 0.05) is 24.6 Å². The molecule has 3 rings (SSSR count). The number of hydrogen-bond donors (Lipinski definition) is 1. The number of amides is 1. The molecule has 1 N–H and O–H groups in total. The van der Waals surface area contributed by atoms with Gasteiger partial charge in [-0.05, 0) is 37.1 Å². The molecule has 0 atom stereocenters.